The Labute approximate surface area is 180 Å². The Bertz CT molecular complexity index is 775. The van der Waals surface area contributed by atoms with Gasteiger partial charge in [-0.3, -0.25) is 9.78 Å². The largest absolute Gasteiger partial charge is 0.405 e. The molecule has 6 nitrogen and oxygen atoms in total. The number of allylic oxidation sites excluding steroid dienone is 3. The number of nitrogens with two attached hydrogens (primary N) is 2. The topological polar surface area (TPSA) is 108 Å². The normalized spacial score (nSPS) is 14.3. The zero-order valence-corrected chi connectivity index (χ0v) is 18.4. The summed E-state index contributed by atoms with van der Waals surface area (Å²) in [6.45, 7) is 5.37. The van der Waals surface area contributed by atoms with E-state index in [-0.39, 0.29) is 5.78 Å². The summed E-state index contributed by atoms with van der Waals surface area (Å²) in [5.74, 6) is 0.856. The summed E-state index contributed by atoms with van der Waals surface area (Å²) in [5, 5.41) is 8.36. The quantitative estimate of drug-likeness (QED) is 0.726. The van der Waals surface area contributed by atoms with Gasteiger partial charge in [0.1, 0.15) is 5.78 Å². The molecule has 0 aromatic carbocycles. The summed E-state index contributed by atoms with van der Waals surface area (Å²) in [6.07, 6.45) is 15.5. The Hall–Kier alpha value is -3.02. The van der Waals surface area contributed by atoms with E-state index in [9.17, 15) is 4.79 Å². The van der Waals surface area contributed by atoms with Gasteiger partial charge >= 0.3 is 0 Å². The molecule has 1 fully saturated rings. The molecule has 0 spiro atoms. The number of aryl methyl sites for hydroxylation is 1. The molecule has 6 heteroatoms. The Morgan fingerprint density at radius 1 is 1.13 bits per heavy atom. The van der Waals surface area contributed by atoms with E-state index in [0.717, 1.165) is 17.0 Å². The van der Waals surface area contributed by atoms with Crippen LogP contribution in [0.4, 0.5) is 0 Å². The molecular formula is C24H35N5O. The van der Waals surface area contributed by atoms with Crippen LogP contribution in [0, 0.1) is 6.92 Å². The highest BCUT2D eigenvalue weighted by molar-refractivity contribution is 5.77. The first-order valence-electron chi connectivity index (χ1n) is 10.4. The smallest absolute Gasteiger partial charge is 0.134 e. The molecule has 162 valence electrons. The van der Waals surface area contributed by atoms with E-state index in [4.69, 9.17) is 11.5 Å². The number of ketones is 1. The minimum absolute atomic E-state index is 0.174. The van der Waals surface area contributed by atoms with Gasteiger partial charge in [-0.25, -0.2) is 0 Å². The molecule has 0 aliphatic heterocycles. The molecule has 0 saturated heterocycles. The van der Waals surface area contributed by atoms with Crippen LogP contribution in [0.2, 0.25) is 0 Å². The second-order valence-electron chi connectivity index (χ2n) is 7.47. The number of aromatic nitrogens is 3. The fourth-order valence-electron chi connectivity index (χ4n) is 3.02. The number of carbonyl (C=O) groups excluding carboxylic acids is 1. The van der Waals surface area contributed by atoms with Gasteiger partial charge in [-0.2, -0.15) is 10.2 Å². The average Bonchev–Trinajstić information content (AvgIpc) is 2.75. The van der Waals surface area contributed by atoms with Gasteiger partial charge in [0, 0.05) is 30.4 Å². The number of pyridine rings is 1. The molecule has 4 N–H and O–H groups in total. The van der Waals surface area contributed by atoms with Crippen molar-refractivity contribution in [3.8, 4) is 0 Å². The zero-order valence-electron chi connectivity index (χ0n) is 18.4. The van der Waals surface area contributed by atoms with Crippen LogP contribution in [-0.2, 0) is 11.2 Å². The molecule has 2 heterocycles. The zero-order chi connectivity index (χ0) is 22.2. The second-order valence-corrected chi connectivity index (χ2v) is 7.47. The lowest BCUT2D eigenvalue weighted by atomic mass is 9.87. The van der Waals surface area contributed by atoms with E-state index in [1.807, 2.05) is 19.1 Å². The molecule has 2 aromatic heterocycles. The van der Waals surface area contributed by atoms with Gasteiger partial charge in [0.15, 0.2) is 0 Å². The molecular weight excluding hydrogens is 374 g/mol. The molecule has 1 aliphatic carbocycles. The summed E-state index contributed by atoms with van der Waals surface area (Å²) in [6, 6.07) is 7.93. The van der Waals surface area contributed by atoms with Crippen molar-refractivity contribution in [1.82, 2.24) is 15.2 Å². The molecule has 30 heavy (non-hydrogen) atoms. The van der Waals surface area contributed by atoms with Gasteiger partial charge < -0.3 is 11.5 Å². The second kappa shape index (κ2) is 14.9. The van der Waals surface area contributed by atoms with Crippen LogP contribution >= 0.6 is 0 Å². The van der Waals surface area contributed by atoms with E-state index < -0.39 is 0 Å². The number of hydrogen-bond acceptors (Lipinski definition) is 6. The van der Waals surface area contributed by atoms with Crippen molar-refractivity contribution in [1.29, 1.82) is 0 Å². The van der Waals surface area contributed by atoms with E-state index in [2.05, 4.69) is 27.3 Å². The highest BCUT2D eigenvalue weighted by atomic mass is 16.1. The molecule has 0 unspecified atom stereocenters. The van der Waals surface area contributed by atoms with E-state index >= 15 is 0 Å². The van der Waals surface area contributed by atoms with Crippen molar-refractivity contribution in [2.75, 3.05) is 0 Å². The maximum atomic E-state index is 10.6. The van der Waals surface area contributed by atoms with Gasteiger partial charge in [0.25, 0.3) is 0 Å². The molecule has 3 rings (SSSR count). The third kappa shape index (κ3) is 11.7. The summed E-state index contributed by atoms with van der Waals surface area (Å²) in [5.41, 5.74) is 14.2. The predicted molar refractivity (Wildman–Crippen MR) is 122 cm³/mol. The first-order chi connectivity index (χ1) is 14.4. The van der Waals surface area contributed by atoms with Crippen LogP contribution in [0.5, 0.6) is 0 Å². The number of hydrogen-bond donors (Lipinski definition) is 2. The Balaban J connectivity index is 0.000000238. The monoisotopic (exact) mass is 409 g/mol. The molecule has 0 bridgehead atoms. The van der Waals surface area contributed by atoms with Crippen LogP contribution in [0.1, 0.15) is 68.8 Å². The Morgan fingerprint density at radius 2 is 1.87 bits per heavy atom. The highest BCUT2D eigenvalue weighted by Crippen LogP contribution is 2.30. The van der Waals surface area contributed by atoms with Crippen molar-refractivity contribution in [2.24, 2.45) is 11.5 Å². The average molecular weight is 410 g/mol. The lowest BCUT2D eigenvalue weighted by Crippen LogP contribution is -2.07. The van der Waals surface area contributed by atoms with Crippen molar-refractivity contribution < 1.29 is 4.79 Å². The van der Waals surface area contributed by atoms with E-state index in [0.29, 0.717) is 12.3 Å². The lowest BCUT2D eigenvalue weighted by Gasteiger charge is -2.20. The molecule has 0 radical (unpaired) electrons. The molecule has 2 aromatic rings. The summed E-state index contributed by atoms with van der Waals surface area (Å²) >= 11 is 0. The minimum Gasteiger partial charge on any atom is -0.405 e. The van der Waals surface area contributed by atoms with Gasteiger partial charge in [0.05, 0.1) is 11.4 Å². The van der Waals surface area contributed by atoms with Gasteiger partial charge in [-0.15, -0.1) is 0 Å². The molecule has 1 aliphatic rings. The van der Waals surface area contributed by atoms with Crippen molar-refractivity contribution in [2.45, 2.75) is 65.2 Å². The number of nitrogens with zero attached hydrogens (tertiary/aromatic N) is 3. The van der Waals surface area contributed by atoms with Crippen molar-refractivity contribution in [3.63, 3.8) is 0 Å². The molecule has 0 atom stereocenters. The number of Topliss-reactive ketones (excluding diaryl/α,β-unsaturated/α-hetero) is 1. The fourth-order valence-corrected chi connectivity index (χ4v) is 3.02. The maximum absolute atomic E-state index is 10.6. The number of carbonyl (C=O) groups is 1. The standard InChI is InChI=1S/C11H16N2.C8H9NO.C5H10N2/c1-9-7-8-11(13-12-9)10-5-3-2-4-6-10;1-7(10)5-8-3-2-4-9-6-8;1-5(7)3-2-4-6/h7-8,10H,2-6H2,1H3;2-4,6H,5H2,1H3;2-4H,6-7H2,1H3/b;;4-2-,5-3-. The van der Waals surface area contributed by atoms with Crippen LogP contribution < -0.4 is 11.5 Å². The number of rotatable bonds is 4. The highest BCUT2D eigenvalue weighted by Gasteiger charge is 2.16. The minimum atomic E-state index is 0.174. The van der Waals surface area contributed by atoms with E-state index in [1.54, 1.807) is 38.4 Å². The molecule has 1 saturated carbocycles. The Morgan fingerprint density at radius 3 is 2.33 bits per heavy atom. The van der Waals surface area contributed by atoms with Gasteiger partial charge in [-0.05, 0) is 75.7 Å². The van der Waals surface area contributed by atoms with Crippen molar-refractivity contribution in [3.05, 3.63) is 77.7 Å². The maximum Gasteiger partial charge on any atom is 0.134 e. The van der Waals surface area contributed by atoms with Crippen LogP contribution in [0.3, 0.4) is 0 Å². The van der Waals surface area contributed by atoms with Gasteiger partial charge in [0.2, 0.25) is 0 Å². The SMILES string of the molecule is C/C(N)=C/C=C\N.CC(=O)Cc1cccnc1.Cc1ccc(C2CCCCC2)nn1. The summed E-state index contributed by atoms with van der Waals surface area (Å²) < 4.78 is 0. The third-order valence-electron chi connectivity index (χ3n) is 4.49. The fraction of sp³-hybridized carbons (Fsp3) is 0.417. The lowest BCUT2D eigenvalue weighted by molar-refractivity contribution is -0.116. The first kappa shape index (κ1) is 25.0. The van der Waals surface area contributed by atoms with Crippen LogP contribution in [0.25, 0.3) is 0 Å². The predicted octanol–water partition coefficient (Wildman–Crippen LogP) is 4.37. The summed E-state index contributed by atoms with van der Waals surface area (Å²) in [7, 11) is 0. The Kier molecular flexibility index (Phi) is 12.4. The van der Waals surface area contributed by atoms with Crippen LogP contribution in [-0.4, -0.2) is 21.0 Å². The van der Waals surface area contributed by atoms with E-state index in [1.165, 1.54) is 44.0 Å². The van der Waals surface area contributed by atoms with Crippen molar-refractivity contribution >= 4 is 5.78 Å². The first-order valence-corrected chi connectivity index (χ1v) is 10.4. The molecule has 0 amide bonds. The van der Waals surface area contributed by atoms with Gasteiger partial charge in [-0.1, -0.05) is 25.3 Å². The van der Waals surface area contributed by atoms with Crippen LogP contribution in [0.15, 0.2) is 60.7 Å². The summed E-state index contributed by atoms with van der Waals surface area (Å²) in [4.78, 5) is 14.5. The third-order valence-corrected chi connectivity index (χ3v) is 4.49.